The molecule has 0 aliphatic carbocycles. The Morgan fingerprint density at radius 1 is 1.12 bits per heavy atom. The Labute approximate surface area is 233 Å². The second-order valence-electron chi connectivity index (χ2n) is 7.59. The van der Waals surface area contributed by atoms with Crippen molar-refractivity contribution in [2.24, 2.45) is 0 Å². The van der Waals surface area contributed by atoms with E-state index in [4.69, 9.17) is 21.1 Å². The summed E-state index contributed by atoms with van der Waals surface area (Å²) in [6.07, 6.45) is 1.07. The van der Waals surface area contributed by atoms with E-state index in [9.17, 15) is 14.7 Å². The van der Waals surface area contributed by atoms with Crippen molar-refractivity contribution < 1.29 is 53.7 Å². The van der Waals surface area contributed by atoms with Crippen molar-refractivity contribution in [3.8, 4) is 17.2 Å². The van der Waals surface area contributed by atoms with Gasteiger partial charge < -0.3 is 24.7 Å². The Balaban J connectivity index is 0.00000324. The molecule has 1 aliphatic rings. The molecule has 0 spiro atoms. The first-order valence-electron chi connectivity index (χ1n) is 10.4. The third-order valence-corrected chi connectivity index (χ3v) is 6.17. The smallest absolute Gasteiger partial charge is 0.549 e. The molecule has 34 heavy (non-hydrogen) atoms. The van der Waals surface area contributed by atoms with Crippen molar-refractivity contribution in [3.05, 3.63) is 86.8 Å². The molecule has 4 rings (SSSR count). The predicted molar refractivity (Wildman–Crippen MR) is 126 cm³/mol. The number of rotatable bonds is 7. The first kappa shape index (κ1) is 26.6. The number of benzene rings is 3. The van der Waals surface area contributed by atoms with Crippen LogP contribution in [0, 0.1) is 0 Å². The van der Waals surface area contributed by atoms with Crippen molar-refractivity contribution in [1.29, 1.82) is 0 Å². The van der Waals surface area contributed by atoms with E-state index < -0.39 is 11.9 Å². The van der Waals surface area contributed by atoms with Crippen LogP contribution >= 0.6 is 27.5 Å². The number of fused-ring (bicyclic) bond motifs is 1. The van der Waals surface area contributed by atoms with Crippen LogP contribution in [-0.2, 0) is 11.2 Å². The van der Waals surface area contributed by atoms with Gasteiger partial charge in [-0.05, 0) is 60.9 Å². The van der Waals surface area contributed by atoms with Gasteiger partial charge in [0.1, 0.15) is 17.2 Å². The Morgan fingerprint density at radius 2 is 1.82 bits per heavy atom. The van der Waals surface area contributed by atoms with Crippen molar-refractivity contribution in [3.63, 3.8) is 0 Å². The van der Waals surface area contributed by atoms with Crippen LogP contribution in [0.5, 0.6) is 17.2 Å². The molecule has 0 bridgehead atoms. The Hall–Kier alpha value is -2.03. The zero-order chi connectivity index (χ0) is 23.4. The van der Waals surface area contributed by atoms with Crippen LogP contribution in [0.15, 0.2) is 65.1 Å². The van der Waals surface area contributed by atoms with Gasteiger partial charge in [0.25, 0.3) is 5.91 Å². The molecule has 170 valence electrons. The number of hydrogen-bond donors (Lipinski definition) is 1. The molecule has 0 saturated carbocycles. The molecule has 6 nitrogen and oxygen atoms in total. The van der Waals surface area contributed by atoms with Gasteiger partial charge in [0, 0.05) is 40.1 Å². The summed E-state index contributed by atoms with van der Waals surface area (Å²) in [5, 5.41) is 14.5. The average molecular weight is 553 g/mol. The monoisotopic (exact) mass is 551 g/mol. The van der Waals surface area contributed by atoms with Crippen LogP contribution in [0.3, 0.4) is 0 Å². The van der Waals surface area contributed by atoms with Gasteiger partial charge in [0.05, 0.1) is 11.6 Å². The molecule has 1 heterocycles. The summed E-state index contributed by atoms with van der Waals surface area (Å²) in [6, 6.07) is 17.8. The fraction of sp³-hybridized carbons (Fsp3) is 0.200. The molecule has 1 N–H and O–H groups in total. The Bertz CT molecular complexity index is 1170. The number of amides is 1. The first-order valence-corrected chi connectivity index (χ1v) is 11.6. The van der Waals surface area contributed by atoms with E-state index in [1.54, 1.807) is 36.4 Å². The van der Waals surface area contributed by atoms with E-state index in [1.165, 1.54) is 0 Å². The first-order chi connectivity index (χ1) is 15.9. The number of nitrogens with one attached hydrogen (secondary N) is 1. The number of carboxylic acids is 1. The fourth-order valence-corrected chi connectivity index (χ4v) is 4.06. The van der Waals surface area contributed by atoms with Gasteiger partial charge in [-0.15, -0.1) is 0 Å². The molecule has 0 radical (unpaired) electrons. The molecule has 9 heteroatoms. The molecule has 0 saturated heterocycles. The molecular formula is C25H20BrClNNaO5. The summed E-state index contributed by atoms with van der Waals surface area (Å²) in [7, 11) is 0. The van der Waals surface area contributed by atoms with Gasteiger partial charge in [-0.3, -0.25) is 4.79 Å². The standard InChI is InChI=1S/C25H21BrClNO5.Na/c26-17-5-1-15(2-6-17)9-11-28-24(29)16-3-7-18(8-4-16)33-23-14-22-20(13-21(23)27)19(25(30)31)10-12-32-22;/h1-8,13-14,19H,9-12H2,(H,28,29)(H,30,31);/q;+1/p-1. The second-order valence-corrected chi connectivity index (χ2v) is 8.91. The predicted octanol–water partition coefficient (Wildman–Crippen LogP) is 1.49. The summed E-state index contributed by atoms with van der Waals surface area (Å²) in [5.74, 6) is -0.864. The van der Waals surface area contributed by atoms with Gasteiger partial charge in [0.2, 0.25) is 0 Å². The number of ether oxygens (including phenoxy) is 2. The maximum Gasteiger partial charge on any atom is 1.00 e. The number of carbonyl (C=O) groups is 2. The number of carboxylic acid groups (broad SMARTS) is 1. The van der Waals surface area contributed by atoms with Crippen LogP contribution in [0.25, 0.3) is 0 Å². The zero-order valence-electron chi connectivity index (χ0n) is 18.5. The van der Waals surface area contributed by atoms with Crippen LogP contribution in [0.4, 0.5) is 0 Å². The zero-order valence-corrected chi connectivity index (χ0v) is 22.8. The van der Waals surface area contributed by atoms with E-state index in [0.29, 0.717) is 41.3 Å². The summed E-state index contributed by atoms with van der Waals surface area (Å²) in [6.45, 7) is 0.800. The van der Waals surface area contributed by atoms with Gasteiger partial charge in [-0.2, -0.15) is 0 Å². The largest absolute Gasteiger partial charge is 1.00 e. The second kappa shape index (κ2) is 12.1. The van der Waals surface area contributed by atoms with Crippen molar-refractivity contribution >= 4 is 39.4 Å². The summed E-state index contributed by atoms with van der Waals surface area (Å²) < 4.78 is 12.4. The molecular weight excluding hydrogens is 533 g/mol. The van der Waals surface area contributed by atoms with Crippen molar-refractivity contribution in [1.82, 2.24) is 5.32 Å². The van der Waals surface area contributed by atoms with Crippen LogP contribution in [-0.4, -0.2) is 25.0 Å². The maximum absolute atomic E-state index is 12.4. The summed E-state index contributed by atoms with van der Waals surface area (Å²) in [5.41, 5.74) is 2.13. The van der Waals surface area contributed by atoms with Crippen LogP contribution in [0.2, 0.25) is 5.02 Å². The molecule has 3 aromatic rings. The van der Waals surface area contributed by atoms with Crippen LogP contribution in [0.1, 0.15) is 33.8 Å². The van der Waals surface area contributed by atoms with Gasteiger partial charge in [-0.1, -0.05) is 39.7 Å². The quantitative estimate of drug-likeness (QED) is 0.449. The van der Waals surface area contributed by atoms with E-state index in [0.717, 1.165) is 16.5 Å². The molecule has 0 fully saturated rings. The SMILES string of the molecule is O=C(NCCc1ccc(Br)cc1)c1ccc(Oc2cc3c(cc2Cl)C(C(=O)[O-])CCO3)cc1.[Na+]. The Kier molecular flexibility index (Phi) is 9.45. The molecule has 1 unspecified atom stereocenters. The average Bonchev–Trinajstić information content (AvgIpc) is 2.81. The Morgan fingerprint density at radius 3 is 2.50 bits per heavy atom. The third-order valence-electron chi connectivity index (χ3n) is 5.35. The number of aliphatic carboxylic acids is 1. The minimum absolute atomic E-state index is 0. The van der Waals surface area contributed by atoms with E-state index >= 15 is 0 Å². The number of carbonyl (C=O) groups excluding carboxylic acids is 2. The normalized spacial score (nSPS) is 14.2. The topological polar surface area (TPSA) is 87.7 Å². The van der Waals surface area contributed by atoms with Gasteiger partial charge in [-0.25, -0.2) is 0 Å². The van der Waals surface area contributed by atoms with Gasteiger partial charge >= 0.3 is 29.6 Å². The molecule has 0 aromatic heterocycles. The van der Waals surface area contributed by atoms with Crippen LogP contribution < -0.4 is 49.5 Å². The minimum atomic E-state index is -1.16. The third kappa shape index (κ3) is 6.55. The van der Waals surface area contributed by atoms with Gasteiger partial charge in [0.15, 0.2) is 0 Å². The fourth-order valence-electron chi connectivity index (χ4n) is 3.59. The number of hydrogen-bond acceptors (Lipinski definition) is 5. The molecule has 1 amide bonds. The maximum atomic E-state index is 12.4. The molecule has 1 aliphatic heterocycles. The summed E-state index contributed by atoms with van der Waals surface area (Å²) >= 11 is 9.72. The molecule has 3 aromatic carbocycles. The molecule has 1 atom stereocenters. The van der Waals surface area contributed by atoms with Crippen molar-refractivity contribution in [2.75, 3.05) is 13.2 Å². The minimum Gasteiger partial charge on any atom is -0.549 e. The van der Waals surface area contributed by atoms with E-state index in [-0.39, 0.29) is 47.1 Å². The van der Waals surface area contributed by atoms with Crippen molar-refractivity contribution in [2.45, 2.75) is 18.8 Å². The summed E-state index contributed by atoms with van der Waals surface area (Å²) in [4.78, 5) is 23.8. The number of halogens is 2. The van der Waals surface area contributed by atoms with E-state index in [1.807, 2.05) is 24.3 Å². The van der Waals surface area contributed by atoms with E-state index in [2.05, 4.69) is 21.2 Å².